The van der Waals surface area contributed by atoms with Gasteiger partial charge in [0.15, 0.2) is 17.0 Å². The Morgan fingerprint density at radius 1 is 1.17 bits per heavy atom. The fraction of sp³-hybridized carbons (Fsp3) is 0.409. The van der Waals surface area contributed by atoms with Gasteiger partial charge in [-0.3, -0.25) is 0 Å². The number of para-hydroxylation sites is 1. The molecular formula is C22H27N7O. The number of ether oxygens (including phenoxy) is 1. The van der Waals surface area contributed by atoms with Gasteiger partial charge in [0.1, 0.15) is 0 Å². The predicted octanol–water partition coefficient (Wildman–Crippen LogP) is 3.38. The molecule has 0 unspecified atom stereocenters. The van der Waals surface area contributed by atoms with Crippen molar-refractivity contribution < 1.29 is 4.74 Å². The summed E-state index contributed by atoms with van der Waals surface area (Å²) in [5.41, 5.74) is 4.16. The van der Waals surface area contributed by atoms with Crippen LogP contribution >= 0.6 is 0 Å². The number of morpholine rings is 1. The third-order valence-corrected chi connectivity index (χ3v) is 5.62. The molecule has 4 heterocycles. The number of imidazole rings is 1. The molecule has 0 amide bonds. The highest BCUT2D eigenvalue weighted by Crippen LogP contribution is 2.25. The lowest BCUT2D eigenvalue weighted by atomic mass is 10.1. The summed E-state index contributed by atoms with van der Waals surface area (Å²) in [6.07, 6.45) is 4.85. The maximum absolute atomic E-state index is 5.49. The molecule has 0 aliphatic carbocycles. The van der Waals surface area contributed by atoms with Crippen LogP contribution in [0.5, 0.6) is 0 Å². The van der Waals surface area contributed by atoms with E-state index in [4.69, 9.17) is 14.7 Å². The zero-order valence-electron chi connectivity index (χ0n) is 17.4. The zero-order valence-corrected chi connectivity index (χ0v) is 17.4. The molecule has 8 nitrogen and oxygen atoms in total. The van der Waals surface area contributed by atoms with E-state index in [0.717, 1.165) is 49.0 Å². The Labute approximate surface area is 175 Å². The van der Waals surface area contributed by atoms with Crippen LogP contribution in [0.2, 0.25) is 0 Å². The number of H-pyrrole nitrogens is 1. The van der Waals surface area contributed by atoms with Gasteiger partial charge in [-0.1, -0.05) is 18.2 Å². The molecule has 1 aromatic carbocycles. The van der Waals surface area contributed by atoms with E-state index in [0.29, 0.717) is 13.2 Å². The highest BCUT2D eigenvalue weighted by Gasteiger charge is 2.20. The summed E-state index contributed by atoms with van der Waals surface area (Å²) in [7, 11) is 0. The van der Waals surface area contributed by atoms with Crippen molar-refractivity contribution in [2.24, 2.45) is 0 Å². The van der Waals surface area contributed by atoms with Gasteiger partial charge in [-0.05, 0) is 31.9 Å². The molecule has 0 spiro atoms. The van der Waals surface area contributed by atoms with Crippen LogP contribution in [0.1, 0.15) is 25.5 Å². The van der Waals surface area contributed by atoms with Gasteiger partial charge in [-0.25, -0.2) is 4.98 Å². The molecule has 1 saturated heterocycles. The monoisotopic (exact) mass is 405 g/mol. The average Bonchev–Trinajstić information content (AvgIpc) is 3.39. The smallest absolute Gasteiger partial charge is 0.229 e. The lowest BCUT2D eigenvalue weighted by molar-refractivity contribution is 0.122. The summed E-state index contributed by atoms with van der Waals surface area (Å²) in [5, 5.41) is 4.79. The van der Waals surface area contributed by atoms with Gasteiger partial charge in [-0.15, -0.1) is 0 Å². The van der Waals surface area contributed by atoms with E-state index in [9.17, 15) is 0 Å². The molecule has 1 aliphatic rings. The van der Waals surface area contributed by atoms with Crippen LogP contribution in [-0.2, 0) is 11.2 Å². The molecule has 5 rings (SSSR count). The largest absolute Gasteiger partial charge is 0.378 e. The first kappa shape index (κ1) is 18.9. The maximum atomic E-state index is 5.49. The number of hydrogen-bond donors (Lipinski definition) is 2. The molecule has 1 fully saturated rings. The first-order chi connectivity index (χ1) is 14.7. The summed E-state index contributed by atoms with van der Waals surface area (Å²) in [6, 6.07) is 8.67. The second-order valence-electron chi connectivity index (χ2n) is 7.93. The van der Waals surface area contributed by atoms with Crippen molar-refractivity contribution in [3.63, 3.8) is 0 Å². The molecule has 0 atom stereocenters. The van der Waals surface area contributed by atoms with Crippen LogP contribution in [0.3, 0.4) is 0 Å². The van der Waals surface area contributed by atoms with Crippen molar-refractivity contribution in [2.45, 2.75) is 26.3 Å². The third-order valence-electron chi connectivity index (χ3n) is 5.62. The fourth-order valence-electron chi connectivity index (χ4n) is 3.96. The van der Waals surface area contributed by atoms with Gasteiger partial charge < -0.3 is 24.5 Å². The number of nitrogens with zero attached hydrogens (tertiary/aromatic N) is 5. The number of rotatable bonds is 6. The second-order valence-corrected chi connectivity index (χ2v) is 7.93. The van der Waals surface area contributed by atoms with Gasteiger partial charge in [0.25, 0.3) is 0 Å². The van der Waals surface area contributed by atoms with E-state index in [-0.39, 0.29) is 6.04 Å². The number of anilines is 2. The molecule has 8 heteroatoms. The molecule has 0 radical (unpaired) electrons. The Balaban J connectivity index is 1.43. The molecule has 0 bridgehead atoms. The van der Waals surface area contributed by atoms with E-state index < -0.39 is 0 Å². The van der Waals surface area contributed by atoms with Crippen LogP contribution < -0.4 is 10.2 Å². The molecule has 2 N–H and O–H groups in total. The molecule has 3 aromatic heterocycles. The highest BCUT2D eigenvalue weighted by atomic mass is 16.5. The van der Waals surface area contributed by atoms with E-state index in [2.05, 4.69) is 69.1 Å². The van der Waals surface area contributed by atoms with E-state index in [1.54, 1.807) is 0 Å². The normalized spacial score (nSPS) is 14.8. The van der Waals surface area contributed by atoms with E-state index in [1.165, 1.54) is 16.5 Å². The Morgan fingerprint density at radius 2 is 2.00 bits per heavy atom. The van der Waals surface area contributed by atoms with Crippen molar-refractivity contribution >= 4 is 33.8 Å². The lowest BCUT2D eigenvalue weighted by Gasteiger charge is -2.27. The van der Waals surface area contributed by atoms with Gasteiger partial charge >= 0.3 is 0 Å². The average molecular weight is 406 g/mol. The van der Waals surface area contributed by atoms with Gasteiger partial charge in [0.2, 0.25) is 5.95 Å². The van der Waals surface area contributed by atoms with E-state index in [1.807, 2.05) is 6.33 Å². The van der Waals surface area contributed by atoms with Crippen LogP contribution in [-0.4, -0.2) is 57.4 Å². The van der Waals surface area contributed by atoms with E-state index >= 15 is 0 Å². The quantitative estimate of drug-likeness (QED) is 0.512. The predicted molar refractivity (Wildman–Crippen MR) is 119 cm³/mol. The molecule has 30 heavy (non-hydrogen) atoms. The molecule has 156 valence electrons. The minimum Gasteiger partial charge on any atom is -0.378 e. The SMILES string of the molecule is CC(C)n1cnc2c(NCCc3c[nH]c4ccccc34)nc(N3CCOCC3)nc21. The van der Waals surface area contributed by atoms with Crippen LogP contribution in [0.15, 0.2) is 36.8 Å². The Morgan fingerprint density at radius 3 is 2.83 bits per heavy atom. The topological polar surface area (TPSA) is 83.9 Å². The summed E-state index contributed by atoms with van der Waals surface area (Å²) < 4.78 is 7.60. The van der Waals surface area contributed by atoms with Crippen molar-refractivity contribution in [3.05, 3.63) is 42.4 Å². The van der Waals surface area contributed by atoms with Crippen LogP contribution in [0.25, 0.3) is 22.1 Å². The highest BCUT2D eigenvalue weighted by molar-refractivity contribution is 5.85. The summed E-state index contributed by atoms with van der Waals surface area (Å²) in [5.74, 6) is 1.53. The van der Waals surface area contributed by atoms with Gasteiger partial charge in [0, 0.05) is 42.8 Å². The van der Waals surface area contributed by atoms with Crippen molar-refractivity contribution in [3.8, 4) is 0 Å². The summed E-state index contributed by atoms with van der Waals surface area (Å²) in [6.45, 7) is 8.06. The zero-order chi connectivity index (χ0) is 20.5. The number of nitrogens with one attached hydrogen (secondary N) is 2. The van der Waals surface area contributed by atoms with Crippen LogP contribution in [0.4, 0.5) is 11.8 Å². The maximum Gasteiger partial charge on any atom is 0.229 e. The molecule has 1 aliphatic heterocycles. The Kier molecular flexibility index (Phi) is 5.00. The number of fused-ring (bicyclic) bond motifs is 2. The third kappa shape index (κ3) is 3.47. The van der Waals surface area contributed by atoms with Crippen molar-refractivity contribution in [1.82, 2.24) is 24.5 Å². The van der Waals surface area contributed by atoms with Gasteiger partial charge in [-0.2, -0.15) is 9.97 Å². The van der Waals surface area contributed by atoms with Crippen LogP contribution in [0, 0.1) is 0 Å². The second kappa shape index (κ2) is 7.95. The first-order valence-corrected chi connectivity index (χ1v) is 10.6. The molecular weight excluding hydrogens is 378 g/mol. The Hall–Kier alpha value is -3.13. The van der Waals surface area contributed by atoms with Crippen molar-refractivity contribution in [1.29, 1.82) is 0 Å². The summed E-state index contributed by atoms with van der Waals surface area (Å²) in [4.78, 5) is 19.8. The molecule has 0 saturated carbocycles. The standard InChI is InChI=1S/C22H27N7O/c1-15(2)29-14-25-19-20(26-22(27-21(19)29)28-9-11-30-12-10-28)23-8-7-16-13-24-18-6-4-3-5-17(16)18/h3-6,13-15,24H,7-12H2,1-2H3,(H,23,26,27). The lowest BCUT2D eigenvalue weighted by Crippen LogP contribution is -2.37. The van der Waals surface area contributed by atoms with Crippen molar-refractivity contribution in [2.75, 3.05) is 43.1 Å². The molecule has 4 aromatic rings. The summed E-state index contributed by atoms with van der Waals surface area (Å²) >= 11 is 0. The number of aromatic nitrogens is 5. The Bertz CT molecular complexity index is 1160. The number of aromatic amines is 1. The number of hydrogen-bond acceptors (Lipinski definition) is 6. The number of benzene rings is 1. The first-order valence-electron chi connectivity index (χ1n) is 10.6. The minimum absolute atomic E-state index is 0.279. The minimum atomic E-state index is 0.279. The van der Waals surface area contributed by atoms with Gasteiger partial charge in [0.05, 0.1) is 19.5 Å². The fourth-order valence-corrected chi connectivity index (χ4v) is 3.96.